The lowest BCUT2D eigenvalue weighted by Gasteiger charge is -2.38. The molecule has 2 aliphatic rings. The number of rotatable bonds is 3. The van der Waals surface area contributed by atoms with Crippen LogP contribution in [-0.2, 0) is 9.59 Å². The molecule has 1 atom stereocenters. The number of imide groups is 1. The van der Waals surface area contributed by atoms with Crippen molar-refractivity contribution in [3.8, 4) is 5.75 Å². The summed E-state index contributed by atoms with van der Waals surface area (Å²) in [5, 5.41) is 9.98. The maximum Gasteiger partial charge on any atom is 0.251 e. The van der Waals surface area contributed by atoms with Gasteiger partial charge in [-0.1, -0.05) is 17.7 Å². The lowest BCUT2D eigenvalue weighted by atomic mass is 10.1. The number of aryl methyl sites for hydroxylation is 1. The van der Waals surface area contributed by atoms with Crippen molar-refractivity contribution in [1.29, 1.82) is 0 Å². The number of hydrogen-bond donors (Lipinski definition) is 1. The van der Waals surface area contributed by atoms with Crippen LogP contribution in [0.1, 0.15) is 12.0 Å². The van der Waals surface area contributed by atoms with Crippen LogP contribution >= 0.6 is 11.6 Å². The molecule has 2 heterocycles. The van der Waals surface area contributed by atoms with E-state index in [1.807, 2.05) is 25.1 Å². The van der Waals surface area contributed by atoms with Crippen LogP contribution in [0.25, 0.3) is 0 Å². The number of phenols is 1. The SMILES string of the molecule is Cc1ccc(N2C(=O)C[C@@H](N3CCN(c4ccc(O)cc4)CC3)C2=O)cc1Cl. The standard InChI is InChI=1S/C21H22ClN3O3/c1-14-2-3-16(12-18(14)22)25-20(27)13-19(21(25)28)24-10-8-23(9-11-24)15-4-6-17(26)7-5-15/h2-7,12,19,26H,8-11,13H2,1H3/t19-/m1/s1. The second kappa shape index (κ2) is 7.45. The fourth-order valence-electron chi connectivity index (χ4n) is 3.85. The van der Waals surface area contributed by atoms with E-state index < -0.39 is 6.04 Å². The van der Waals surface area contributed by atoms with E-state index in [1.54, 1.807) is 24.3 Å². The third-order valence-electron chi connectivity index (χ3n) is 5.51. The van der Waals surface area contributed by atoms with Gasteiger partial charge in [-0.05, 0) is 48.9 Å². The van der Waals surface area contributed by atoms with Crippen LogP contribution in [0, 0.1) is 6.92 Å². The largest absolute Gasteiger partial charge is 0.508 e. The number of benzene rings is 2. The Kier molecular flexibility index (Phi) is 5.00. The van der Waals surface area contributed by atoms with Crippen LogP contribution in [-0.4, -0.2) is 54.0 Å². The van der Waals surface area contributed by atoms with Gasteiger partial charge in [-0.2, -0.15) is 0 Å². The van der Waals surface area contributed by atoms with Crippen molar-refractivity contribution in [3.63, 3.8) is 0 Å². The minimum atomic E-state index is -0.422. The summed E-state index contributed by atoms with van der Waals surface area (Å²) < 4.78 is 0. The summed E-state index contributed by atoms with van der Waals surface area (Å²) in [6.45, 7) is 4.81. The highest BCUT2D eigenvalue weighted by atomic mass is 35.5. The van der Waals surface area contributed by atoms with Gasteiger partial charge in [0.1, 0.15) is 5.75 Å². The molecule has 6 nitrogen and oxygen atoms in total. The Labute approximate surface area is 168 Å². The first-order chi connectivity index (χ1) is 13.4. The minimum absolute atomic E-state index is 0.178. The van der Waals surface area contributed by atoms with Crippen molar-refractivity contribution in [2.24, 2.45) is 0 Å². The van der Waals surface area contributed by atoms with E-state index in [9.17, 15) is 14.7 Å². The molecule has 2 amide bonds. The zero-order chi connectivity index (χ0) is 19.8. The molecule has 0 radical (unpaired) electrons. The van der Waals surface area contributed by atoms with Crippen LogP contribution in [0.5, 0.6) is 5.75 Å². The van der Waals surface area contributed by atoms with Crippen LogP contribution in [0.3, 0.4) is 0 Å². The molecule has 2 saturated heterocycles. The second-order valence-electron chi connectivity index (χ2n) is 7.26. The number of halogens is 1. The molecule has 7 heteroatoms. The van der Waals surface area contributed by atoms with Crippen molar-refractivity contribution >= 4 is 34.8 Å². The first-order valence-electron chi connectivity index (χ1n) is 9.35. The Balaban J connectivity index is 1.44. The van der Waals surface area contributed by atoms with Crippen molar-refractivity contribution in [2.45, 2.75) is 19.4 Å². The van der Waals surface area contributed by atoms with Crippen molar-refractivity contribution < 1.29 is 14.7 Å². The highest BCUT2D eigenvalue weighted by Crippen LogP contribution is 2.30. The molecular formula is C21H22ClN3O3. The normalized spacial score (nSPS) is 20.9. The van der Waals surface area contributed by atoms with Gasteiger partial charge in [-0.3, -0.25) is 14.5 Å². The van der Waals surface area contributed by atoms with Crippen LogP contribution in [0.15, 0.2) is 42.5 Å². The molecule has 0 bridgehead atoms. The summed E-state index contributed by atoms with van der Waals surface area (Å²) in [6.07, 6.45) is 0.198. The number of nitrogens with zero attached hydrogens (tertiary/aromatic N) is 3. The maximum absolute atomic E-state index is 13.0. The first kappa shape index (κ1) is 18.8. The fourth-order valence-corrected chi connectivity index (χ4v) is 4.02. The van der Waals surface area contributed by atoms with Gasteiger partial charge in [-0.15, -0.1) is 0 Å². The Morgan fingerprint density at radius 1 is 0.964 bits per heavy atom. The monoisotopic (exact) mass is 399 g/mol. The average Bonchev–Trinajstić information content (AvgIpc) is 2.99. The number of aromatic hydroxyl groups is 1. The first-order valence-corrected chi connectivity index (χ1v) is 9.73. The van der Waals surface area contributed by atoms with Gasteiger partial charge in [0.15, 0.2) is 0 Å². The molecule has 2 aromatic carbocycles. The van der Waals surface area contributed by atoms with Gasteiger partial charge >= 0.3 is 0 Å². The lowest BCUT2D eigenvalue weighted by Crippen LogP contribution is -2.52. The average molecular weight is 400 g/mol. The number of carbonyl (C=O) groups excluding carboxylic acids is 2. The molecule has 4 rings (SSSR count). The molecule has 0 saturated carbocycles. The van der Waals surface area contributed by atoms with E-state index in [1.165, 1.54) is 4.90 Å². The van der Waals surface area contributed by atoms with Crippen molar-refractivity contribution in [2.75, 3.05) is 36.0 Å². The summed E-state index contributed by atoms with van der Waals surface area (Å²) in [6, 6.07) is 12.0. The molecule has 2 aliphatic heterocycles. The Hall–Kier alpha value is -2.57. The summed E-state index contributed by atoms with van der Waals surface area (Å²) >= 11 is 6.18. The zero-order valence-electron chi connectivity index (χ0n) is 15.6. The number of hydrogen-bond acceptors (Lipinski definition) is 5. The van der Waals surface area contributed by atoms with Crippen molar-refractivity contribution in [1.82, 2.24) is 4.90 Å². The Morgan fingerprint density at radius 2 is 1.61 bits per heavy atom. The molecule has 146 valence electrons. The highest BCUT2D eigenvalue weighted by Gasteiger charge is 2.43. The van der Waals surface area contributed by atoms with E-state index in [4.69, 9.17) is 11.6 Å². The van der Waals surface area contributed by atoms with Gasteiger partial charge in [0.25, 0.3) is 5.91 Å². The molecule has 1 N–H and O–H groups in total. The van der Waals surface area contributed by atoms with Gasteiger partial charge in [0.2, 0.25) is 5.91 Å². The number of phenolic OH excluding ortho intramolecular Hbond substituents is 1. The van der Waals surface area contributed by atoms with E-state index in [2.05, 4.69) is 9.80 Å². The molecule has 0 aromatic heterocycles. The molecule has 28 heavy (non-hydrogen) atoms. The Bertz CT molecular complexity index is 908. The van der Waals surface area contributed by atoms with E-state index >= 15 is 0 Å². The second-order valence-corrected chi connectivity index (χ2v) is 7.67. The summed E-state index contributed by atoms with van der Waals surface area (Å²) in [4.78, 5) is 31.1. The van der Waals surface area contributed by atoms with Crippen LogP contribution in [0.2, 0.25) is 5.02 Å². The van der Waals surface area contributed by atoms with Crippen LogP contribution < -0.4 is 9.80 Å². The number of amides is 2. The molecular weight excluding hydrogens is 378 g/mol. The molecule has 0 unspecified atom stereocenters. The smallest absolute Gasteiger partial charge is 0.251 e. The van der Waals surface area contributed by atoms with E-state index in [0.717, 1.165) is 24.3 Å². The molecule has 0 aliphatic carbocycles. The number of piperazine rings is 1. The van der Waals surface area contributed by atoms with Gasteiger partial charge in [0, 0.05) is 36.9 Å². The predicted octanol–water partition coefficient (Wildman–Crippen LogP) is 2.81. The van der Waals surface area contributed by atoms with Crippen molar-refractivity contribution in [3.05, 3.63) is 53.1 Å². The zero-order valence-corrected chi connectivity index (χ0v) is 16.4. The topological polar surface area (TPSA) is 64.1 Å². The predicted molar refractivity (Wildman–Crippen MR) is 109 cm³/mol. The van der Waals surface area contributed by atoms with Gasteiger partial charge in [-0.25, -0.2) is 4.90 Å². The third kappa shape index (κ3) is 3.45. The Morgan fingerprint density at radius 3 is 2.25 bits per heavy atom. The highest BCUT2D eigenvalue weighted by molar-refractivity contribution is 6.32. The maximum atomic E-state index is 13.0. The lowest BCUT2D eigenvalue weighted by molar-refractivity contribution is -0.123. The molecule has 0 spiro atoms. The quantitative estimate of drug-likeness (QED) is 0.804. The van der Waals surface area contributed by atoms with E-state index in [0.29, 0.717) is 23.8 Å². The van der Waals surface area contributed by atoms with Gasteiger partial charge in [0.05, 0.1) is 18.2 Å². The number of anilines is 2. The third-order valence-corrected chi connectivity index (χ3v) is 5.91. The number of carbonyl (C=O) groups is 2. The summed E-state index contributed by atoms with van der Waals surface area (Å²) in [7, 11) is 0. The van der Waals surface area contributed by atoms with Gasteiger partial charge < -0.3 is 10.0 Å². The summed E-state index contributed by atoms with van der Waals surface area (Å²) in [5.74, 6) is -0.118. The van der Waals surface area contributed by atoms with Crippen LogP contribution in [0.4, 0.5) is 11.4 Å². The fraction of sp³-hybridized carbons (Fsp3) is 0.333. The molecule has 2 fully saturated rings. The summed E-state index contributed by atoms with van der Waals surface area (Å²) in [5.41, 5.74) is 2.49. The minimum Gasteiger partial charge on any atom is -0.508 e. The van der Waals surface area contributed by atoms with E-state index in [-0.39, 0.29) is 24.0 Å². The molecule has 2 aromatic rings.